The van der Waals surface area contributed by atoms with Crippen molar-refractivity contribution in [3.05, 3.63) is 82.6 Å². The lowest BCUT2D eigenvalue weighted by molar-refractivity contribution is 0.0966. The molecule has 11 nitrogen and oxygen atoms in total. The number of ether oxygens (including phenoxy) is 2. The monoisotopic (exact) mass is 659 g/mol. The topological polar surface area (TPSA) is 155 Å². The number of halogens is 1. The summed E-state index contributed by atoms with van der Waals surface area (Å²) in [7, 11) is -2.50. The number of methoxy groups -OCH3 is 1. The van der Waals surface area contributed by atoms with Crippen molar-refractivity contribution < 1.29 is 37.7 Å². The molecule has 1 heterocycles. The summed E-state index contributed by atoms with van der Waals surface area (Å²) in [5.41, 5.74) is 3.11. The first-order valence-corrected chi connectivity index (χ1v) is 16.8. The van der Waals surface area contributed by atoms with Crippen LogP contribution >= 0.6 is 11.6 Å². The SMILES string of the molecule is COCCS(=O)(=O)NC(=O)c1ccc(-c2ccc(CCN(C[C@H](O)c3ccc(Cl)nc3)C(=O)O)cc2)cc1OC1CCCCC1. The van der Waals surface area contributed by atoms with E-state index in [1.165, 1.54) is 19.4 Å². The van der Waals surface area contributed by atoms with Crippen LogP contribution in [0, 0.1) is 0 Å². The van der Waals surface area contributed by atoms with Gasteiger partial charge in [-0.25, -0.2) is 22.9 Å². The molecule has 1 aliphatic rings. The molecule has 1 aromatic heterocycles. The summed E-state index contributed by atoms with van der Waals surface area (Å²) in [6.45, 7) is 0.0116. The molecule has 1 fully saturated rings. The average Bonchev–Trinajstić information content (AvgIpc) is 3.02. The summed E-state index contributed by atoms with van der Waals surface area (Å²) >= 11 is 5.80. The Labute approximate surface area is 268 Å². The van der Waals surface area contributed by atoms with Gasteiger partial charge < -0.3 is 24.6 Å². The Morgan fingerprint density at radius 2 is 1.78 bits per heavy atom. The van der Waals surface area contributed by atoms with E-state index in [0.29, 0.717) is 17.7 Å². The summed E-state index contributed by atoms with van der Waals surface area (Å²) in [5.74, 6) is -0.794. The molecule has 13 heteroatoms. The quantitative estimate of drug-likeness (QED) is 0.201. The molecule has 0 spiro atoms. The molecule has 45 heavy (non-hydrogen) atoms. The molecule has 0 saturated heterocycles. The lowest BCUT2D eigenvalue weighted by Crippen LogP contribution is -2.35. The molecule has 0 unspecified atom stereocenters. The third-order valence-electron chi connectivity index (χ3n) is 7.63. The van der Waals surface area contributed by atoms with Gasteiger partial charge in [-0.3, -0.25) is 4.79 Å². The van der Waals surface area contributed by atoms with Crippen molar-refractivity contribution in [3.63, 3.8) is 0 Å². The van der Waals surface area contributed by atoms with E-state index in [0.717, 1.165) is 53.7 Å². The van der Waals surface area contributed by atoms with Gasteiger partial charge in [-0.2, -0.15) is 0 Å². The van der Waals surface area contributed by atoms with Crippen LogP contribution in [-0.4, -0.2) is 79.2 Å². The highest BCUT2D eigenvalue weighted by molar-refractivity contribution is 7.90. The van der Waals surface area contributed by atoms with Crippen molar-refractivity contribution in [2.75, 3.05) is 32.6 Å². The zero-order valence-corrected chi connectivity index (χ0v) is 26.6. The van der Waals surface area contributed by atoms with Crippen LogP contribution in [0.3, 0.4) is 0 Å². The Bertz CT molecular complexity index is 1550. The number of carbonyl (C=O) groups is 2. The summed E-state index contributed by atoms with van der Waals surface area (Å²) in [4.78, 5) is 30.0. The van der Waals surface area contributed by atoms with Crippen LogP contribution in [0.5, 0.6) is 5.75 Å². The predicted octanol–water partition coefficient (Wildman–Crippen LogP) is 5.08. The number of aliphatic hydroxyl groups excluding tert-OH is 1. The molecule has 1 aliphatic carbocycles. The van der Waals surface area contributed by atoms with Crippen molar-refractivity contribution in [2.45, 2.75) is 50.7 Å². The second-order valence-electron chi connectivity index (χ2n) is 10.9. The number of aromatic nitrogens is 1. The van der Waals surface area contributed by atoms with Crippen molar-refractivity contribution in [1.82, 2.24) is 14.6 Å². The number of sulfonamides is 1. The van der Waals surface area contributed by atoms with Crippen LogP contribution < -0.4 is 9.46 Å². The third-order valence-corrected chi connectivity index (χ3v) is 9.06. The highest BCUT2D eigenvalue weighted by Gasteiger charge is 2.23. The van der Waals surface area contributed by atoms with Crippen LogP contribution in [0.4, 0.5) is 4.79 Å². The smallest absolute Gasteiger partial charge is 0.407 e. The number of aliphatic hydroxyl groups is 1. The van der Waals surface area contributed by atoms with Crippen LogP contribution in [0.25, 0.3) is 11.1 Å². The van der Waals surface area contributed by atoms with Crippen molar-refractivity contribution in [3.8, 4) is 16.9 Å². The zero-order chi connectivity index (χ0) is 32.4. The van der Waals surface area contributed by atoms with Gasteiger partial charge in [0.25, 0.3) is 5.91 Å². The van der Waals surface area contributed by atoms with Gasteiger partial charge in [0, 0.05) is 25.4 Å². The molecule has 4 rings (SSSR count). The molecule has 2 amide bonds. The second kappa shape index (κ2) is 16.0. The van der Waals surface area contributed by atoms with Gasteiger partial charge in [-0.15, -0.1) is 0 Å². The van der Waals surface area contributed by atoms with Crippen LogP contribution in [0.2, 0.25) is 5.15 Å². The van der Waals surface area contributed by atoms with Gasteiger partial charge in [0.2, 0.25) is 10.0 Å². The van der Waals surface area contributed by atoms with E-state index in [9.17, 15) is 28.2 Å². The maximum absolute atomic E-state index is 13.0. The fraction of sp³-hybridized carbons (Fsp3) is 0.406. The molecule has 242 valence electrons. The van der Waals surface area contributed by atoms with E-state index in [4.69, 9.17) is 21.1 Å². The molecule has 3 aromatic rings. The molecule has 1 atom stereocenters. The lowest BCUT2D eigenvalue weighted by atomic mass is 9.97. The summed E-state index contributed by atoms with van der Waals surface area (Å²) < 4.78 is 37.9. The number of benzene rings is 2. The second-order valence-corrected chi connectivity index (χ2v) is 13.2. The van der Waals surface area contributed by atoms with Gasteiger partial charge in [0.1, 0.15) is 10.9 Å². The molecule has 1 saturated carbocycles. The van der Waals surface area contributed by atoms with E-state index in [1.807, 2.05) is 24.3 Å². The minimum Gasteiger partial charge on any atom is -0.490 e. The minimum atomic E-state index is -3.89. The highest BCUT2D eigenvalue weighted by atomic mass is 35.5. The first kappa shape index (κ1) is 34.2. The van der Waals surface area contributed by atoms with Crippen LogP contribution in [-0.2, 0) is 21.2 Å². The Morgan fingerprint density at radius 1 is 1.07 bits per heavy atom. The standard InChI is InChI=1S/C32H38ClN3O8S/c1-43-17-18-45(41,42)35-31(38)27-13-11-24(19-29(27)44-26-5-3-2-4-6-26)23-9-7-22(8-10-23)15-16-36(32(39)40)21-28(37)25-12-14-30(33)34-20-25/h7-14,19-20,26,28,37H,2-6,15-18,21H2,1H3,(H,35,38)(H,39,40)/t28-/m0/s1. The number of carboxylic acid groups (broad SMARTS) is 1. The largest absolute Gasteiger partial charge is 0.490 e. The molecular formula is C32H38ClN3O8S. The summed E-state index contributed by atoms with van der Waals surface area (Å²) in [6.07, 6.45) is 4.46. The molecule has 2 aromatic carbocycles. The number of pyridine rings is 1. The Kier molecular flexibility index (Phi) is 12.2. The Hall–Kier alpha value is -3.71. The van der Waals surface area contributed by atoms with Crippen LogP contribution in [0.1, 0.15) is 59.7 Å². The van der Waals surface area contributed by atoms with E-state index in [2.05, 4.69) is 9.71 Å². The predicted molar refractivity (Wildman–Crippen MR) is 170 cm³/mol. The maximum Gasteiger partial charge on any atom is 0.407 e. The van der Waals surface area contributed by atoms with Gasteiger partial charge >= 0.3 is 6.09 Å². The zero-order valence-electron chi connectivity index (χ0n) is 25.0. The maximum atomic E-state index is 13.0. The average molecular weight is 660 g/mol. The number of carbonyl (C=O) groups excluding carboxylic acids is 1. The molecule has 0 bridgehead atoms. The number of rotatable bonds is 14. The number of hydrogen-bond acceptors (Lipinski definition) is 8. The first-order valence-electron chi connectivity index (χ1n) is 14.8. The van der Waals surface area contributed by atoms with Gasteiger partial charge in [-0.1, -0.05) is 54.4 Å². The molecule has 0 aliphatic heterocycles. The lowest BCUT2D eigenvalue weighted by Gasteiger charge is -2.24. The van der Waals surface area contributed by atoms with Crippen LogP contribution in [0.15, 0.2) is 60.8 Å². The Balaban J connectivity index is 1.47. The first-order chi connectivity index (χ1) is 21.5. The summed E-state index contributed by atoms with van der Waals surface area (Å²) in [5, 5.41) is 20.5. The van der Waals surface area contributed by atoms with E-state index >= 15 is 0 Å². The number of amides is 2. The van der Waals surface area contributed by atoms with E-state index in [-0.39, 0.29) is 42.3 Å². The minimum absolute atomic E-state index is 0.0413. The third kappa shape index (κ3) is 10.1. The fourth-order valence-electron chi connectivity index (χ4n) is 5.08. The normalized spacial score (nSPS) is 14.5. The highest BCUT2D eigenvalue weighted by Crippen LogP contribution is 2.31. The molecule has 3 N–H and O–H groups in total. The van der Waals surface area contributed by atoms with Crippen molar-refractivity contribution in [2.24, 2.45) is 0 Å². The number of hydrogen-bond donors (Lipinski definition) is 3. The van der Waals surface area contributed by atoms with Gasteiger partial charge in [0.15, 0.2) is 0 Å². The molecule has 0 radical (unpaired) electrons. The Morgan fingerprint density at radius 3 is 2.42 bits per heavy atom. The van der Waals surface area contributed by atoms with Crippen molar-refractivity contribution >= 4 is 33.6 Å². The van der Waals surface area contributed by atoms with E-state index < -0.39 is 28.1 Å². The summed E-state index contributed by atoms with van der Waals surface area (Å²) in [6, 6.07) is 15.8. The van der Waals surface area contributed by atoms with Crippen molar-refractivity contribution in [1.29, 1.82) is 0 Å². The molecular weight excluding hydrogens is 622 g/mol. The van der Waals surface area contributed by atoms with Gasteiger partial charge in [-0.05, 0) is 67.0 Å². The fourth-order valence-corrected chi connectivity index (χ4v) is 6.07. The number of nitrogens with zero attached hydrogens (tertiary/aromatic N) is 2. The van der Waals surface area contributed by atoms with E-state index in [1.54, 1.807) is 24.3 Å². The number of nitrogens with one attached hydrogen (secondary N) is 1. The van der Waals surface area contributed by atoms with Gasteiger partial charge in [0.05, 0.1) is 36.7 Å².